The van der Waals surface area contributed by atoms with E-state index in [1.54, 1.807) is 0 Å². The molecule has 9 atom stereocenters. The summed E-state index contributed by atoms with van der Waals surface area (Å²) in [6, 6.07) is -1.43. The van der Waals surface area contributed by atoms with Gasteiger partial charge in [0.25, 0.3) is 0 Å². The predicted octanol–water partition coefficient (Wildman–Crippen LogP) is 1.14. The normalized spacial score (nSPS) is 32.2. The molecule has 2 fully saturated rings. The van der Waals surface area contributed by atoms with Crippen LogP contribution in [0.15, 0.2) is 10.2 Å². The Kier molecular flexibility index (Phi) is 11.9. The number of nitrogens with zero attached hydrogens (tertiary/aromatic N) is 6. The highest BCUT2D eigenvalue weighted by molar-refractivity contribution is 7.80. The first-order chi connectivity index (χ1) is 18.0. The molecule has 0 amide bonds. The molecule has 0 radical (unpaired) electrons. The Morgan fingerprint density at radius 3 is 1.87 bits per heavy atom. The van der Waals surface area contributed by atoms with Gasteiger partial charge in [0.15, 0.2) is 24.6 Å². The zero-order valence-electron chi connectivity index (χ0n) is 20.9. The Labute approximate surface area is 222 Å². The Bertz CT molecular complexity index is 989. The van der Waals surface area contributed by atoms with Crippen LogP contribution in [0.25, 0.3) is 20.9 Å². The van der Waals surface area contributed by atoms with Gasteiger partial charge in [-0.1, -0.05) is 10.2 Å². The van der Waals surface area contributed by atoms with Crippen LogP contribution in [0.5, 0.6) is 0 Å². The number of carbonyl (C=O) groups is 4. The summed E-state index contributed by atoms with van der Waals surface area (Å²) >= 11 is 4.22. The largest absolute Gasteiger partial charge is 0.463 e. The fourth-order valence-electron chi connectivity index (χ4n) is 4.05. The van der Waals surface area contributed by atoms with Crippen LogP contribution in [0.4, 0.5) is 0 Å². The zero-order chi connectivity index (χ0) is 28.4. The molecule has 0 aromatic rings. The molecule has 0 N–H and O–H groups in total. The summed E-state index contributed by atoms with van der Waals surface area (Å²) in [4.78, 5) is 52.4. The molecular formula is C20H28N6O11S. The standard InChI is InChI=1S/C20H28N6O11S/c1-8(27)31-6-13-17(18(33-10(3)29)14(7-38)35-13)37-20-15(24-26-22)19(34-11(4)30)16(32-9(2)28)12(36-20)5-23-25-21/h12-20,38H,5-7H2,1-4H3/t12-,13+,14?,15?,16+,17+,18-,19+,20+/m0/s1. The molecule has 38 heavy (non-hydrogen) atoms. The van der Waals surface area contributed by atoms with Gasteiger partial charge in [-0.15, -0.1) is 0 Å². The lowest BCUT2D eigenvalue weighted by molar-refractivity contribution is -0.285. The van der Waals surface area contributed by atoms with Gasteiger partial charge in [0, 0.05) is 43.3 Å². The van der Waals surface area contributed by atoms with Crippen molar-refractivity contribution < 1.29 is 52.3 Å². The highest BCUT2D eigenvalue weighted by Gasteiger charge is 2.54. The third kappa shape index (κ3) is 8.37. The molecule has 0 saturated carbocycles. The maximum Gasteiger partial charge on any atom is 0.303 e. The van der Waals surface area contributed by atoms with E-state index in [1.807, 2.05) is 0 Å². The molecular weight excluding hydrogens is 532 g/mol. The minimum atomic E-state index is -1.52. The van der Waals surface area contributed by atoms with E-state index in [0.717, 1.165) is 13.8 Å². The monoisotopic (exact) mass is 560 g/mol. The molecule has 0 aromatic heterocycles. The van der Waals surface area contributed by atoms with E-state index >= 15 is 0 Å². The van der Waals surface area contributed by atoms with Crippen molar-refractivity contribution in [1.82, 2.24) is 0 Å². The molecule has 2 unspecified atom stereocenters. The van der Waals surface area contributed by atoms with Crippen molar-refractivity contribution in [2.75, 3.05) is 18.9 Å². The van der Waals surface area contributed by atoms with Crippen molar-refractivity contribution in [1.29, 1.82) is 0 Å². The minimum Gasteiger partial charge on any atom is -0.463 e. The van der Waals surface area contributed by atoms with Crippen LogP contribution in [0.3, 0.4) is 0 Å². The van der Waals surface area contributed by atoms with Gasteiger partial charge in [0.1, 0.15) is 37.1 Å². The first kappa shape index (κ1) is 31.0. The van der Waals surface area contributed by atoms with E-state index in [4.69, 9.17) is 38.7 Å². The first-order valence-corrected chi connectivity index (χ1v) is 11.9. The molecule has 0 spiro atoms. The lowest BCUT2D eigenvalue weighted by atomic mass is 9.96. The Balaban J connectivity index is 2.52. The number of hydrogen-bond acceptors (Lipinski definition) is 14. The summed E-state index contributed by atoms with van der Waals surface area (Å²) in [5.74, 6) is -2.78. The van der Waals surface area contributed by atoms with Crippen LogP contribution >= 0.6 is 12.6 Å². The van der Waals surface area contributed by atoms with Gasteiger partial charge in [0.05, 0.1) is 6.54 Å². The summed E-state index contributed by atoms with van der Waals surface area (Å²) in [6.07, 6.45) is -9.48. The number of rotatable bonds is 11. The fraction of sp³-hybridized carbons (Fsp3) is 0.800. The van der Waals surface area contributed by atoms with Crippen molar-refractivity contribution in [2.24, 2.45) is 10.2 Å². The average molecular weight is 561 g/mol. The number of carbonyl (C=O) groups excluding carboxylic acids is 4. The third-order valence-electron chi connectivity index (χ3n) is 5.36. The van der Waals surface area contributed by atoms with E-state index in [0.29, 0.717) is 0 Å². The molecule has 0 aliphatic carbocycles. The highest BCUT2D eigenvalue weighted by Crippen LogP contribution is 2.35. The molecule has 2 saturated heterocycles. The fourth-order valence-corrected chi connectivity index (χ4v) is 4.34. The number of thiol groups is 1. The minimum absolute atomic E-state index is 0.0871. The van der Waals surface area contributed by atoms with Gasteiger partial charge < -0.3 is 33.2 Å². The Morgan fingerprint density at radius 1 is 0.789 bits per heavy atom. The number of azide groups is 2. The summed E-state index contributed by atoms with van der Waals surface area (Å²) in [7, 11) is 0. The van der Waals surface area contributed by atoms with Crippen LogP contribution < -0.4 is 0 Å². The lowest BCUT2D eigenvalue weighted by Crippen LogP contribution is -2.62. The van der Waals surface area contributed by atoms with Crippen LogP contribution in [0.1, 0.15) is 27.7 Å². The van der Waals surface area contributed by atoms with Crippen LogP contribution in [0.2, 0.25) is 0 Å². The predicted molar refractivity (Wildman–Crippen MR) is 126 cm³/mol. The first-order valence-electron chi connectivity index (χ1n) is 11.3. The number of ether oxygens (including phenoxy) is 7. The molecule has 2 heterocycles. The van der Waals surface area contributed by atoms with Crippen molar-refractivity contribution >= 4 is 36.5 Å². The quantitative estimate of drug-likeness (QED) is 0.0939. The average Bonchev–Trinajstić information content (AvgIpc) is 3.15. The van der Waals surface area contributed by atoms with Gasteiger partial charge in [-0.2, -0.15) is 12.6 Å². The van der Waals surface area contributed by atoms with Crippen molar-refractivity contribution in [3.8, 4) is 0 Å². The van der Waals surface area contributed by atoms with Crippen molar-refractivity contribution in [3.63, 3.8) is 0 Å². The topological polar surface area (TPSA) is 230 Å². The SMILES string of the molecule is CC(=O)OC[C@H]1OC(CS)[C@H](OC(C)=O)[C@@H]1O[C@H]1O[C@@H](CN=[N+]=[N-])[C@@H](OC(C)=O)[C@H](OC(C)=O)C1N=[N+]=[N-]. The highest BCUT2D eigenvalue weighted by atomic mass is 32.1. The van der Waals surface area contributed by atoms with E-state index in [9.17, 15) is 24.7 Å². The van der Waals surface area contributed by atoms with Crippen LogP contribution in [0, 0.1) is 0 Å². The molecule has 18 heteroatoms. The second-order valence-corrected chi connectivity index (χ2v) is 8.54. The van der Waals surface area contributed by atoms with E-state index in [1.165, 1.54) is 13.8 Å². The molecule has 2 rings (SSSR count). The number of hydrogen-bond donors (Lipinski definition) is 1. The summed E-state index contributed by atoms with van der Waals surface area (Å²) in [5, 5.41) is 7.10. The van der Waals surface area contributed by atoms with Gasteiger partial charge in [-0.25, -0.2) is 0 Å². The second kappa shape index (κ2) is 14.6. The molecule has 0 aromatic carbocycles. The van der Waals surface area contributed by atoms with Gasteiger partial charge in [0.2, 0.25) is 0 Å². The third-order valence-corrected chi connectivity index (χ3v) is 5.72. The van der Waals surface area contributed by atoms with Gasteiger partial charge in [-0.3, -0.25) is 19.2 Å². The van der Waals surface area contributed by atoms with Crippen molar-refractivity contribution in [3.05, 3.63) is 20.9 Å². The summed E-state index contributed by atoms with van der Waals surface area (Å²) in [6.45, 7) is 3.84. The maximum absolute atomic E-state index is 11.9. The van der Waals surface area contributed by atoms with E-state index in [-0.39, 0.29) is 18.9 Å². The lowest BCUT2D eigenvalue weighted by Gasteiger charge is -2.44. The summed E-state index contributed by atoms with van der Waals surface area (Å²) in [5.41, 5.74) is 18.1. The van der Waals surface area contributed by atoms with Crippen molar-refractivity contribution in [2.45, 2.75) is 82.8 Å². The summed E-state index contributed by atoms with van der Waals surface area (Å²) < 4.78 is 38.9. The molecule has 0 bridgehead atoms. The smallest absolute Gasteiger partial charge is 0.303 e. The van der Waals surface area contributed by atoms with Crippen LogP contribution in [-0.2, 0) is 52.3 Å². The number of esters is 4. The molecule has 210 valence electrons. The molecule has 2 aliphatic rings. The Hall–Kier alpha value is -3.27. The van der Waals surface area contributed by atoms with Gasteiger partial charge in [-0.05, 0) is 11.1 Å². The van der Waals surface area contributed by atoms with E-state index < -0.39 is 78.9 Å². The van der Waals surface area contributed by atoms with Crippen LogP contribution in [-0.4, -0.2) is 97.8 Å². The Morgan fingerprint density at radius 2 is 1.37 bits per heavy atom. The molecule has 17 nitrogen and oxygen atoms in total. The second-order valence-electron chi connectivity index (χ2n) is 8.17. The zero-order valence-corrected chi connectivity index (χ0v) is 21.8. The molecule has 2 aliphatic heterocycles. The van der Waals surface area contributed by atoms with Gasteiger partial charge >= 0.3 is 23.9 Å². The van der Waals surface area contributed by atoms with E-state index in [2.05, 4.69) is 32.7 Å². The maximum atomic E-state index is 11.9.